The van der Waals surface area contributed by atoms with Gasteiger partial charge in [0.2, 0.25) is 5.88 Å². The summed E-state index contributed by atoms with van der Waals surface area (Å²) in [5, 5.41) is 10.5. The standard InChI is InChI=1S/C12H10F5N3O4/c13-11(14)6-19(10(21)12(15,16)17)4-3-8(11)24-9-2-1-7(5-18-9)20(22)23/h1-2,5,8H,3-4,6H2. The van der Waals surface area contributed by atoms with Crippen molar-refractivity contribution < 1.29 is 36.4 Å². The van der Waals surface area contributed by atoms with E-state index >= 15 is 0 Å². The number of amides is 1. The van der Waals surface area contributed by atoms with Gasteiger partial charge in [-0.25, -0.2) is 13.8 Å². The van der Waals surface area contributed by atoms with E-state index in [0.29, 0.717) is 0 Å². The molecule has 0 N–H and O–H groups in total. The van der Waals surface area contributed by atoms with Crippen molar-refractivity contribution in [3.05, 3.63) is 28.4 Å². The van der Waals surface area contributed by atoms with Gasteiger partial charge in [0, 0.05) is 25.1 Å². The fourth-order valence-electron chi connectivity index (χ4n) is 2.11. The van der Waals surface area contributed by atoms with Crippen LogP contribution in [0, 0.1) is 10.1 Å². The van der Waals surface area contributed by atoms with Crippen LogP contribution in [0.2, 0.25) is 0 Å². The van der Waals surface area contributed by atoms with Gasteiger partial charge in [-0.3, -0.25) is 14.9 Å². The van der Waals surface area contributed by atoms with Gasteiger partial charge in [0.1, 0.15) is 6.20 Å². The molecule has 1 aliphatic rings. The molecule has 7 nitrogen and oxygen atoms in total. The predicted octanol–water partition coefficient (Wildman–Crippen LogP) is 2.17. The highest BCUT2D eigenvalue weighted by Gasteiger charge is 2.52. The normalized spacial score (nSPS) is 20.5. The molecule has 2 rings (SSSR count). The van der Waals surface area contributed by atoms with Crippen LogP contribution >= 0.6 is 0 Å². The molecule has 0 aliphatic carbocycles. The Labute approximate surface area is 131 Å². The van der Waals surface area contributed by atoms with E-state index in [9.17, 15) is 36.9 Å². The minimum atomic E-state index is -5.23. The predicted molar refractivity (Wildman–Crippen MR) is 67.5 cm³/mol. The number of alkyl halides is 5. The highest BCUT2D eigenvalue weighted by atomic mass is 19.4. The number of halogens is 5. The average Bonchev–Trinajstić information content (AvgIpc) is 2.47. The first-order valence-electron chi connectivity index (χ1n) is 6.52. The Kier molecular flexibility index (Phi) is 4.58. The lowest BCUT2D eigenvalue weighted by Crippen LogP contribution is -2.57. The molecule has 132 valence electrons. The first-order chi connectivity index (χ1) is 11.0. The number of rotatable bonds is 3. The summed E-state index contributed by atoms with van der Waals surface area (Å²) < 4.78 is 69.7. The van der Waals surface area contributed by atoms with E-state index in [1.165, 1.54) is 0 Å². The number of carbonyl (C=O) groups is 1. The molecule has 1 aliphatic heterocycles. The molecule has 0 bridgehead atoms. The minimum Gasteiger partial charge on any atom is -0.468 e. The fourth-order valence-corrected chi connectivity index (χ4v) is 2.11. The van der Waals surface area contributed by atoms with Gasteiger partial charge in [0.05, 0.1) is 11.5 Å². The van der Waals surface area contributed by atoms with Crippen molar-refractivity contribution >= 4 is 11.6 Å². The number of likely N-dealkylation sites (tertiary alicyclic amines) is 1. The lowest BCUT2D eigenvalue weighted by atomic mass is 10.0. The third kappa shape index (κ3) is 3.86. The number of nitro groups is 1. The molecule has 1 amide bonds. The number of piperidine rings is 1. The molecule has 0 radical (unpaired) electrons. The molecule has 24 heavy (non-hydrogen) atoms. The van der Waals surface area contributed by atoms with Crippen LogP contribution in [-0.2, 0) is 4.79 Å². The van der Waals surface area contributed by atoms with Crippen molar-refractivity contribution in [2.75, 3.05) is 13.1 Å². The van der Waals surface area contributed by atoms with E-state index in [1.54, 1.807) is 0 Å². The van der Waals surface area contributed by atoms with Crippen LogP contribution in [0.3, 0.4) is 0 Å². The van der Waals surface area contributed by atoms with Crippen LogP contribution in [0.1, 0.15) is 6.42 Å². The summed E-state index contributed by atoms with van der Waals surface area (Å²) >= 11 is 0. The lowest BCUT2D eigenvalue weighted by Gasteiger charge is -2.37. The molecular weight excluding hydrogens is 345 g/mol. The molecular formula is C12H10F5N3O4. The molecule has 1 fully saturated rings. The molecule has 1 aromatic rings. The van der Waals surface area contributed by atoms with Gasteiger partial charge in [0.25, 0.3) is 5.69 Å². The Hall–Kier alpha value is -2.53. The Balaban J connectivity index is 2.05. The van der Waals surface area contributed by atoms with Crippen molar-refractivity contribution in [3.63, 3.8) is 0 Å². The number of carbonyl (C=O) groups excluding carboxylic acids is 1. The molecule has 0 aromatic carbocycles. The summed E-state index contributed by atoms with van der Waals surface area (Å²) in [6.45, 7) is -2.01. The summed E-state index contributed by atoms with van der Waals surface area (Å²) in [5.41, 5.74) is -0.375. The van der Waals surface area contributed by atoms with Gasteiger partial charge >= 0.3 is 18.0 Å². The second-order valence-electron chi connectivity index (χ2n) is 4.99. The molecule has 0 saturated carbocycles. The summed E-state index contributed by atoms with van der Waals surface area (Å²) in [6.07, 6.45) is -6.78. The number of hydrogen-bond acceptors (Lipinski definition) is 5. The summed E-state index contributed by atoms with van der Waals surface area (Å²) in [4.78, 5) is 24.3. The van der Waals surface area contributed by atoms with Gasteiger partial charge in [-0.2, -0.15) is 13.2 Å². The molecule has 1 aromatic heterocycles. The molecule has 1 unspecified atom stereocenters. The number of aromatic nitrogens is 1. The molecule has 1 atom stereocenters. The van der Waals surface area contributed by atoms with Crippen LogP contribution in [0.5, 0.6) is 5.88 Å². The maximum Gasteiger partial charge on any atom is 0.471 e. The zero-order chi connectivity index (χ0) is 18.1. The van der Waals surface area contributed by atoms with Crippen LogP contribution < -0.4 is 4.74 Å². The van der Waals surface area contributed by atoms with Gasteiger partial charge in [-0.05, 0) is 0 Å². The maximum atomic E-state index is 13.9. The highest BCUT2D eigenvalue weighted by Crippen LogP contribution is 2.32. The number of ether oxygens (including phenoxy) is 1. The van der Waals surface area contributed by atoms with Crippen molar-refractivity contribution in [1.82, 2.24) is 9.88 Å². The van der Waals surface area contributed by atoms with Crippen molar-refractivity contribution in [1.29, 1.82) is 0 Å². The number of hydrogen-bond donors (Lipinski definition) is 0. The van der Waals surface area contributed by atoms with Gasteiger partial charge < -0.3 is 9.64 Å². The SMILES string of the molecule is O=C(N1CCC(Oc2ccc([N+](=O)[O-])cn2)C(F)(F)C1)C(F)(F)F. The number of pyridine rings is 1. The molecule has 0 spiro atoms. The van der Waals surface area contributed by atoms with Crippen molar-refractivity contribution in [3.8, 4) is 5.88 Å². The topological polar surface area (TPSA) is 85.6 Å². The van der Waals surface area contributed by atoms with E-state index in [4.69, 9.17) is 4.74 Å². The van der Waals surface area contributed by atoms with Gasteiger partial charge in [-0.1, -0.05) is 0 Å². The fraction of sp³-hybridized carbons (Fsp3) is 0.500. The van der Waals surface area contributed by atoms with Crippen molar-refractivity contribution in [2.45, 2.75) is 24.6 Å². The van der Waals surface area contributed by atoms with E-state index in [1.807, 2.05) is 0 Å². The smallest absolute Gasteiger partial charge is 0.468 e. The number of nitrogens with zero attached hydrogens (tertiary/aromatic N) is 3. The van der Waals surface area contributed by atoms with Crippen LogP contribution in [0.15, 0.2) is 18.3 Å². The minimum absolute atomic E-state index is 0.0170. The van der Waals surface area contributed by atoms with E-state index in [0.717, 1.165) is 18.3 Å². The average molecular weight is 355 g/mol. The lowest BCUT2D eigenvalue weighted by molar-refractivity contribution is -0.385. The Morgan fingerprint density at radius 1 is 1.42 bits per heavy atom. The largest absolute Gasteiger partial charge is 0.471 e. The van der Waals surface area contributed by atoms with Crippen LogP contribution in [0.4, 0.5) is 27.6 Å². The van der Waals surface area contributed by atoms with Crippen molar-refractivity contribution in [2.24, 2.45) is 0 Å². The van der Waals surface area contributed by atoms with E-state index < -0.39 is 48.5 Å². The molecule has 1 saturated heterocycles. The zero-order valence-corrected chi connectivity index (χ0v) is 11.8. The first-order valence-corrected chi connectivity index (χ1v) is 6.52. The zero-order valence-electron chi connectivity index (χ0n) is 11.8. The second-order valence-corrected chi connectivity index (χ2v) is 4.99. The summed E-state index contributed by atoms with van der Waals surface area (Å²) in [7, 11) is 0. The molecule has 12 heteroatoms. The summed E-state index contributed by atoms with van der Waals surface area (Å²) in [5.74, 6) is -6.40. The van der Waals surface area contributed by atoms with Crippen LogP contribution in [-0.4, -0.2) is 52.0 Å². The van der Waals surface area contributed by atoms with Crippen LogP contribution in [0.25, 0.3) is 0 Å². The molecule has 2 heterocycles. The second kappa shape index (κ2) is 6.17. The maximum absolute atomic E-state index is 13.9. The Bertz CT molecular complexity index is 635. The Morgan fingerprint density at radius 2 is 2.08 bits per heavy atom. The highest BCUT2D eigenvalue weighted by molar-refractivity contribution is 5.82. The van der Waals surface area contributed by atoms with Gasteiger partial charge in [-0.15, -0.1) is 0 Å². The first kappa shape index (κ1) is 17.8. The monoisotopic (exact) mass is 355 g/mol. The third-order valence-electron chi connectivity index (χ3n) is 3.26. The van der Waals surface area contributed by atoms with E-state index in [2.05, 4.69) is 4.98 Å². The Morgan fingerprint density at radius 3 is 2.54 bits per heavy atom. The third-order valence-corrected chi connectivity index (χ3v) is 3.26. The quantitative estimate of drug-likeness (QED) is 0.471. The van der Waals surface area contributed by atoms with Gasteiger partial charge in [0.15, 0.2) is 6.10 Å². The van der Waals surface area contributed by atoms with E-state index in [-0.39, 0.29) is 16.5 Å². The summed E-state index contributed by atoms with van der Waals surface area (Å²) in [6, 6.07) is 1.99.